The van der Waals surface area contributed by atoms with Crippen molar-refractivity contribution in [2.45, 2.75) is 59.5 Å². The predicted molar refractivity (Wildman–Crippen MR) is 116 cm³/mol. The molecule has 7 heteroatoms. The van der Waals surface area contributed by atoms with Crippen LogP contribution >= 0.6 is 24.0 Å². The van der Waals surface area contributed by atoms with E-state index in [1.807, 2.05) is 6.07 Å². The third-order valence-corrected chi connectivity index (χ3v) is 3.88. The van der Waals surface area contributed by atoms with Gasteiger partial charge in [-0.1, -0.05) is 32.9 Å². The van der Waals surface area contributed by atoms with Crippen LogP contribution in [0.3, 0.4) is 0 Å². The van der Waals surface area contributed by atoms with Gasteiger partial charge in [0, 0.05) is 25.2 Å². The van der Waals surface area contributed by atoms with Crippen molar-refractivity contribution >= 4 is 29.9 Å². The van der Waals surface area contributed by atoms with Crippen LogP contribution in [0.2, 0.25) is 0 Å². The van der Waals surface area contributed by atoms with Gasteiger partial charge in [0.1, 0.15) is 6.54 Å². The van der Waals surface area contributed by atoms with Crippen LogP contribution in [0.5, 0.6) is 0 Å². The maximum atomic E-state index is 5.35. The molecule has 0 amide bonds. The van der Waals surface area contributed by atoms with Crippen LogP contribution in [0, 0.1) is 5.92 Å². The lowest BCUT2D eigenvalue weighted by molar-refractivity contribution is 0.254. The van der Waals surface area contributed by atoms with Gasteiger partial charge < -0.3 is 20.1 Å². The second kappa shape index (κ2) is 12.5. The summed E-state index contributed by atoms with van der Waals surface area (Å²) in [7, 11) is 4.25. The fourth-order valence-electron chi connectivity index (χ4n) is 2.41. The summed E-state index contributed by atoms with van der Waals surface area (Å²) in [5.74, 6) is 2.65. The molecule has 6 nitrogen and oxygen atoms in total. The van der Waals surface area contributed by atoms with Gasteiger partial charge in [0.15, 0.2) is 11.7 Å². The van der Waals surface area contributed by atoms with Gasteiger partial charge >= 0.3 is 0 Å². The minimum Gasteiger partial charge on any atom is -0.359 e. The highest BCUT2D eigenvalue weighted by atomic mass is 127. The maximum absolute atomic E-state index is 5.35. The number of aliphatic imine (C=N–C) groups is 1. The highest BCUT2D eigenvalue weighted by Gasteiger charge is 2.14. The lowest BCUT2D eigenvalue weighted by Crippen LogP contribution is -2.45. The van der Waals surface area contributed by atoms with Crippen LogP contribution in [0.15, 0.2) is 15.6 Å². The standard InChI is InChI=1S/C18H35N5O.HI/c1-8-19-18(20-11-15(23(6)7)9-13(2)3)21-12-16-10-17(14(4)5)22-24-16;/h10,13-15H,8-9,11-12H2,1-7H3,(H2,19,20,21);1H. The van der Waals surface area contributed by atoms with Crippen molar-refractivity contribution in [3.63, 3.8) is 0 Å². The fourth-order valence-corrected chi connectivity index (χ4v) is 2.41. The molecule has 1 rings (SSSR count). The Balaban J connectivity index is 0.00000576. The van der Waals surface area contributed by atoms with Crippen molar-refractivity contribution in [3.05, 3.63) is 17.5 Å². The molecule has 25 heavy (non-hydrogen) atoms. The van der Waals surface area contributed by atoms with E-state index in [1.165, 1.54) is 0 Å². The van der Waals surface area contributed by atoms with Crippen LogP contribution in [0.4, 0.5) is 0 Å². The SMILES string of the molecule is CCNC(=NCc1cc(C(C)C)no1)NCC(CC(C)C)N(C)C.I. The van der Waals surface area contributed by atoms with Crippen LogP contribution < -0.4 is 10.6 Å². The third-order valence-electron chi connectivity index (χ3n) is 3.88. The number of rotatable bonds is 9. The minimum atomic E-state index is 0. The van der Waals surface area contributed by atoms with Crippen molar-refractivity contribution < 1.29 is 4.52 Å². The zero-order valence-electron chi connectivity index (χ0n) is 16.8. The number of aromatic nitrogens is 1. The molecule has 1 atom stereocenters. The summed E-state index contributed by atoms with van der Waals surface area (Å²) < 4.78 is 5.35. The molecule has 1 heterocycles. The second-order valence-electron chi connectivity index (χ2n) is 7.20. The molecule has 0 saturated carbocycles. The first-order valence-corrected chi connectivity index (χ1v) is 8.97. The van der Waals surface area contributed by atoms with Crippen LogP contribution in [-0.2, 0) is 6.54 Å². The van der Waals surface area contributed by atoms with E-state index in [-0.39, 0.29) is 24.0 Å². The van der Waals surface area contributed by atoms with Gasteiger partial charge in [-0.25, -0.2) is 4.99 Å². The van der Waals surface area contributed by atoms with Gasteiger partial charge in [0.25, 0.3) is 0 Å². The topological polar surface area (TPSA) is 65.7 Å². The van der Waals surface area contributed by atoms with Crippen LogP contribution in [0.1, 0.15) is 58.4 Å². The van der Waals surface area contributed by atoms with E-state index in [0.29, 0.717) is 24.4 Å². The number of nitrogens with zero attached hydrogens (tertiary/aromatic N) is 3. The molecule has 0 aliphatic rings. The molecule has 0 radical (unpaired) electrons. The molecule has 2 N–H and O–H groups in total. The number of hydrogen-bond donors (Lipinski definition) is 2. The number of hydrogen-bond acceptors (Lipinski definition) is 4. The number of halogens is 1. The minimum absolute atomic E-state index is 0. The monoisotopic (exact) mass is 465 g/mol. The summed E-state index contributed by atoms with van der Waals surface area (Å²) in [5.41, 5.74) is 0.975. The molecule has 0 bridgehead atoms. The average Bonchev–Trinajstić information content (AvgIpc) is 2.97. The zero-order valence-corrected chi connectivity index (χ0v) is 19.1. The number of guanidine groups is 1. The summed E-state index contributed by atoms with van der Waals surface area (Å²) in [6.45, 7) is 13.0. The first kappa shape index (κ1) is 24.2. The highest BCUT2D eigenvalue weighted by Crippen LogP contribution is 2.14. The van der Waals surface area contributed by atoms with Gasteiger partial charge in [-0.05, 0) is 39.3 Å². The summed E-state index contributed by atoms with van der Waals surface area (Å²) >= 11 is 0. The largest absolute Gasteiger partial charge is 0.359 e. The van der Waals surface area contributed by atoms with E-state index in [0.717, 1.165) is 36.9 Å². The van der Waals surface area contributed by atoms with E-state index in [4.69, 9.17) is 4.52 Å². The molecule has 1 unspecified atom stereocenters. The molecule has 0 aliphatic heterocycles. The Morgan fingerprint density at radius 2 is 1.92 bits per heavy atom. The molecule has 0 saturated heterocycles. The van der Waals surface area contributed by atoms with E-state index < -0.39 is 0 Å². The summed E-state index contributed by atoms with van der Waals surface area (Å²) in [6.07, 6.45) is 1.15. The molecule has 0 spiro atoms. The summed E-state index contributed by atoms with van der Waals surface area (Å²) in [6, 6.07) is 2.46. The van der Waals surface area contributed by atoms with E-state index >= 15 is 0 Å². The highest BCUT2D eigenvalue weighted by molar-refractivity contribution is 14.0. The van der Waals surface area contributed by atoms with Gasteiger partial charge in [-0.2, -0.15) is 0 Å². The Hall–Kier alpha value is -0.830. The second-order valence-corrected chi connectivity index (χ2v) is 7.20. The van der Waals surface area contributed by atoms with Gasteiger partial charge in [0.05, 0.1) is 5.69 Å². The molecule has 1 aromatic rings. The molecular formula is C18H36IN5O. The van der Waals surface area contributed by atoms with Gasteiger partial charge in [0.2, 0.25) is 0 Å². The average molecular weight is 465 g/mol. The Kier molecular flexibility index (Phi) is 12.1. The number of nitrogens with one attached hydrogen (secondary N) is 2. The first-order chi connectivity index (χ1) is 11.3. The normalized spacial score (nSPS) is 13.3. The van der Waals surface area contributed by atoms with E-state index in [2.05, 4.69) is 74.4 Å². The van der Waals surface area contributed by atoms with Crippen molar-refractivity contribution in [2.24, 2.45) is 10.9 Å². The third kappa shape index (κ3) is 9.44. The predicted octanol–water partition coefficient (Wildman–Crippen LogP) is 3.45. The van der Waals surface area contributed by atoms with Crippen molar-refractivity contribution in [1.82, 2.24) is 20.7 Å². The Morgan fingerprint density at radius 1 is 1.24 bits per heavy atom. The zero-order chi connectivity index (χ0) is 18.1. The van der Waals surface area contributed by atoms with Gasteiger partial charge in [-0.15, -0.1) is 24.0 Å². The van der Waals surface area contributed by atoms with Crippen LogP contribution in [0.25, 0.3) is 0 Å². The maximum Gasteiger partial charge on any atom is 0.191 e. The molecule has 1 aromatic heterocycles. The van der Waals surface area contributed by atoms with Crippen molar-refractivity contribution in [2.75, 3.05) is 27.2 Å². The molecular weight excluding hydrogens is 429 g/mol. The molecule has 0 aliphatic carbocycles. The molecule has 0 fully saturated rings. The van der Waals surface area contributed by atoms with E-state index in [1.54, 1.807) is 0 Å². The van der Waals surface area contributed by atoms with Crippen molar-refractivity contribution in [3.8, 4) is 0 Å². The van der Waals surface area contributed by atoms with Gasteiger partial charge in [-0.3, -0.25) is 0 Å². The Labute approximate surface area is 170 Å². The molecule has 0 aromatic carbocycles. The lowest BCUT2D eigenvalue weighted by Gasteiger charge is -2.27. The lowest BCUT2D eigenvalue weighted by atomic mass is 10.0. The summed E-state index contributed by atoms with van der Waals surface area (Å²) in [4.78, 5) is 6.87. The quantitative estimate of drug-likeness (QED) is 0.332. The first-order valence-electron chi connectivity index (χ1n) is 8.97. The van der Waals surface area contributed by atoms with Crippen molar-refractivity contribution in [1.29, 1.82) is 0 Å². The Morgan fingerprint density at radius 3 is 2.40 bits per heavy atom. The fraction of sp³-hybridized carbons (Fsp3) is 0.778. The number of likely N-dealkylation sites (N-methyl/N-ethyl adjacent to an activating group) is 1. The van der Waals surface area contributed by atoms with Crippen LogP contribution in [-0.4, -0.2) is 49.2 Å². The van der Waals surface area contributed by atoms with E-state index in [9.17, 15) is 0 Å². The summed E-state index contributed by atoms with van der Waals surface area (Å²) in [5, 5.41) is 10.8. The molecule has 146 valence electrons. The Bertz CT molecular complexity index is 499. The smallest absolute Gasteiger partial charge is 0.191 e.